The average Bonchev–Trinajstić information content (AvgIpc) is 2.89. The molecular formula is C18H12ClNO. The van der Waals surface area contributed by atoms with Crippen LogP contribution in [-0.2, 0) is 0 Å². The smallest absolute Gasteiger partial charge is 0.144 e. The van der Waals surface area contributed by atoms with Gasteiger partial charge in [-0.25, -0.2) is 0 Å². The van der Waals surface area contributed by atoms with Crippen LogP contribution in [0.3, 0.4) is 0 Å². The lowest BCUT2D eigenvalue weighted by atomic mass is 10.1. The van der Waals surface area contributed by atoms with Gasteiger partial charge in [0, 0.05) is 27.6 Å². The van der Waals surface area contributed by atoms with E-state index >= 15 is 0 Å². The molecule has 3 heteroatoms. The molecule has 0 saturated carbocycles. The fourth-order valence-electron chi connectivity index (χ4n) is 2.60. The van der Waals surface area contributed by atoms with E-state index in [1.165, 1.54) is 0 Å². The van der Waals surface area contributed by atoms with Crippen LogP contribution in [-0.4, -0.2) is 4.98 Å². The highest BCUT2D eigenvalue weighted by Gasteiger charge is 2.12. The molecule has 0 unspecified atom stereocenters. The summed E-state index contributed by atoms with van der Waals surface area (Å²) in [4.78, 5) is 4.49. The molecule has 2 aromatic heterocycles. The Bertz CT molecular complexity index is 971. The molecule has 4 aromatic rings. The van der Waals surface area contributed by atoms with E-state index in [2.05, 4.69) is 17.1 Å². The highest BCUT2D eigenvalue weighted by molar-refractivity contribution is 6.31. The van der Waals surface area contributed by atoms with E-state index in [1.807, 2.05) is 43.3 Å². The molecule has 4 rings (SSSR count). The average molecular weight is 294 g/mol. The Morgan fingerprint density at radius 1 is 1.00 bits per heavy atom. The predicted octanol–water partition coefficient (Wildman–Crippen LogP) is 5.61. The topological polar surface area (TPSA) is 26.0 Å². The molecule has 0 aliphatic carbocycles. The van der Waals surface area contributed by atoms with Crippen LogP contribution < -0.4 is 0 Å². The number of hydrogen-bond acceptors (Lipinski definition) is 2. The number of aromatic nitrogens is 1. The molecule has 0 bridgehead atoms. The van der Waals surface area contributed by atoms with Gasteiger partial charge < -0.3 is 4.42 Å². The zero-order valence-corrected chi connectivity index (χ0v) is 12.2. The van der Waals surface area contributed by atoms with Crippen molar-refractivity contribution in [1.29, 1.82) is 0 Å². The summed E-state index contributed by atoms with van der Waals surface area (Å²) in [5, 5.41) is 2.93. The molecule has 0 atom stereocenters. The van der Waals surface area contributed by atoms with E-state index in [1.54, 1.807) is 6.20 Å². The molecule has 0 saturated heterocycles. The fourth-order valence-corrected chi connectivity index (χ4v) is 2.75. The number of fused-ring (bicyclic) bond motifs is 3. The molecule has 0 spiro atoms. The van der Waals surface area contributed by atoms with Gasteiger partial charge in [0.05, 0.1) is 5.69 Å². The van der Waals surface area contributed by atoms with Crippen LogP contribution in [0, 0.1) is 6.92 Å². The second-order valence-corrected chi connectivity index (χ2v) is 5.51. The lowest BCUT2D eigenvalue weighted by Gasteiger charge is -2.04. The summed E-state index contributed by atoms with van der Waals surface area (Å²) in [6.45, 7) is 1.95. The van der Waals surface area contributed by atoms with E-state index in [4.69, 9.17) is 16.0 Å². The Morgan fingerprint density at radius 2 is 1.81 bits per heavy atom. The van der Waals surface area contributed by atoms with Crippen molar-refractivity contribution in [3.8, 4) is 11.3 Å². The molecule has 2 nitrogen and oxygen atoms in total. The number of pyridine rings is 1. The number of furan rings is 1. The summed E-state index contributed by atoms with van der Waals surface area (Å²) in [5.41, 5.74) is 4.50. The number of hydrogen-bond donors (Lipinski definition) is 0. The number of rotatable bonds is 1. The van der Waals surface area contributed by atoms with Crippen molar-refractivity contribution in [2.24, 2.45) is 0 Å². The highest BCUT2D eigenvalue weighted by atomic mass is 35.5. The second kappa shape index (κ2) is 4.61. The molecule has 0 amide bonds. The summed E-state index contributed by atoms with van der Waals surface area (Å²) in [6, 6.07) is 16.0. The largest absolute Gasteiger partial charge is 0.455 e. The molecule has 21 heavy (non-hydrogen) atoms. The van der Waals surface area contributed by atoms with Crippen molar-refractivity contribution in [2.75, 3.05) is 0 Å². The summed E-state index contributed by atoms with van der Waals surface area (Å²) in [6.07, 6.45) is 1.79. The van der Waals surface area contributed by atoms with Gasteiger partial charge in [0.1, 0.15) is 11.2 Å². The molecule has 0 aliphatic heterocycles. The van der Waals surface area contributed by atoms with E-state index < -0.39 is 0 Å². The van der Waals surface area contributed by atoms with Crippen LogP contribution in [0.5, 0.6) is 0 Å². The second-order valence-electron chi connectivity index (χ2n) is 5.10. The van der Waals surface area contributed by atoms with Gasteiger partial charge in [0.25, 0.3) is 0 Å². The summed E-state index contributed by atoms with van der Waals surface area (Å²) in [7, 11) is 0. The minimum Gasteiger partial charge on any atom is -0.455 e. The zero-order chi connectivity index (χ0) is 14.4. The zero-order valence-electron chi connectivity index (χ0n) is 11.4. The standard InChI is InChI=1S/C18H12ClNO/c1-11-10-20-16(9-15(11)19)14-7-4-6-13-12-5-2-3-8-17(12)21-18(13)14/h2-10H,1H3. The first-order chi connectivity index (χ1) is 10.2. The Balaban J connectivity index is 2.06. The normalized spacial score (nSPS) is 11.3. The molecular weight excluding hydrogens is 282 g/mol. The minimum absolute atomic E-state index is 0.716. The van der Waals surface area contributed by atoms with Gasteiger partial charge in [-0.05, 0) is 30.7 Å². The molecule has 2 aromatic carbocycles. The van der Waals surface area contributed by atoms with Gasteiger partial charge >= 0.3 is 0 Å². The van der Waals surface area contributed by atoms with Crippen LogP contribution in [0.4, 0.5) is 0 Å². The van der Waals surface area contributed by atoms with Crippen molar-refractivity contribution >= 4 is 33.5 Å². The summed E-state index contributed by atoms with van der Waals surface area (Å²) < 4.78 is 6.03. The van der Waals surface area contributed by atoms with Gasteiger partial charge in [-0.15, -0.1) is 0 Å². The molecule has 102 valence electrons. The molecule has 0 aliphatic rings. The van der Waals surface area contributed by atoms with Gasteiger partial charge in [0.2, 0.25) is 0 Å². The van der Waals surface area contributed by atoms with E-state index in [0.717, 1.165) is 38.8 Å². The number of halogens is 1. The fraction of sp³-hybridized carbons (Fsp3) is 0.0556. The van der Waals surface area contributed by atoms with E-state index in [0.29, 0.717) is 5.02 Å². The number of benzene rings is 2. The Labute approximate surface area is 127 Å². The third-order valence-corrected chi connectivity index (χ3v) is 4.12. The highest BCUT2D eigenvalue weighted by Crippen LogP contribution is 2.35. The first-order valence-electron chi connectivity index (χ1n) is 6.77. The number of para-hydroxylation sites is 2. The van der Waals surface area contributed by atoms with Gasteiger partial charge in [-0.1, -0.05) is 41.9 Å². The Kier molecular flexibility index (Phi) is 2.72. The quantitative estimate of drug-likeness (QED) is 0.456. The van der Waals surface area contributed by atoms with E-state index in [-0.39, 0.29) is 0 Å². The lowest BCUT2D eigenvalue weighted by Crippen LogP contribution is -1.86. The summed E-state index contributed by atoms with van der Waals surface area (Å²) >= 11 is 6.22. The van der Waals surface area contributed by atoms with Crippen molar-refractivity contribution in [2.45, 2.75) is 6.92 Å². The molecule has 0 N–H and O–H groups in total. The molecule has 2 heterocycles. The maximum Gasteiger partial charge on any atom is 0.144 e. The first-order valence-corrected chi connectivity index (χ1v) is 7.14. The van der Waals surface area contributed by atoms with Crippen LogP contribution >= 0.6 is 11.6 Å². The monoisotopic (exact) mass is 293 g/mol. The van der Waals surface area contributed by atoms with E-state index in [9.17, 15) is 0 Å². The SMILES string of the molecule is Cc1cnc(-c2cccc3c2oc2ccccc23)cc1Cl. The maximum atomic E-state index is 6.22. The Morgan fingerprint density at radius 3 is 2.67 bits per heavy atom. The minimum atomic E-state index is 0.716. The maximum absolute atomic E-state index is 6.22. The number of nitrogens with zero attached hydrogens (tertiary/aromatic N) is 1. The lowest BCUT2D eigenvalue weighted by molar-refractivity contribution is 0.670. The van der Waals surface area contributed by atoms with Crippen molar-refractivity contribution in [1.82, 2.24) is 4.98 Å². The predicted molar refractivity (Wildman–Crippen MR) is 86.7 cm³/mol. The third-order valence-electron chi connectivity index (χ3n) is 3.72. The number of aryl methyl sites for hydroxylation is 1. The third kappa shape index (κ3) is 1.91. The van der Waals surface area contributed by atoms with Gasteiger partial charge in [-0.3, -0.25) is 4.98 Å². The van der Waals surface area contributed by atoms with Gasteiger partial charge in [0.15, 0.2) is 0 Å². The Hall–Kier alpha value is -2.32. The molecule has 0 radical (unpaired) electrons. The van der Waals surface area contributed by atoms with Crippen LogP contribution in [0.2, 0.25) is 5.02 Å². The van der Waals surface area contributed by atoms with Crippen LogP contribution in [0.25, 0.3) is 33.2 Å². The van der Waals surface area contributed by atoms with Gasteiger partial charge in [-0.2, -0.15) is 0 Å². The van der Waals surface area contributed by atoms with Crippen LogP contribution in [0.15, 0.2) is 59.1 Å². The van der Waals surface area contributed by atoms with Crippen molar-refractivity contribution < 1.29 is 4.42 Å². The first kappa shape index (κ1) is 12.4. The van der Waals surface area contributed by atoms with Crippen LogP contribution in [0.1, 0.15) is 5.56 Å². The summed E-state index contributed by atoms with van der Waals surface area (Å²) in [5.74, 6) is 0. The molecule has 0 fully saturated rings. The van der Waals surface area contributed by atoms with Crippen molar-refractivity contribution in [3.63, 3.8) is 0 Å². The van der Waals surface area contributed by atoms with Crippen molar-refractivity contribution in [3.05, 3.63) is 65.3 Å².